The van der Waals surface area contributed by atoms with Gasteiger partial charge in [0, 0.05) is 23.6 Å². The highest BCUT2D eigenvalue weighted by Gasteiger charge is 2.05. The zero-order chi connectivity index (χ0) is 13.2. The van der Waals surface area contributed by atoms with Gasteiger partial charge in [-0.1, -0.05) is 34.1 Å². The zero-order valence-corrected chi connectivity index (χ0v) is 12.0. The highest BCUT2D eigenvalue weighted by atomic mass is 79.9. The van der Waals surface area contributed by atoms with Gasteiger partial charge in [0.2, 0.25) is 0 Å². The number of hydrogen-bond acceptors (Lipinski definition) is 2. The van der Waals surface area contributed by atoms with Gasteiger partial charge in [0.15, 0.2) is 0 Å². The highest BCUT2D eigenvalue weighted by Crippen LogP contribution is 2.15. The van der Waals surface area contributed by atoms with Crippen molar-refractivity contribution in [2.45, 2.75) is 13.0 Å². The van der Waals surface area contributed by atoms with Crippen LogP contribution < -0.4 is 5.73 Å². The van der Waals surface area contributed by atoms with Gasteiger partial charge >= 0.3 is 0 Å². The molecule has 19 heavy (non-hydrogen) atoms. The number of nitrogens with two attached hydrogens (primary N) is 1. The summed E-state index contributed by atoms with van der Waals surface area (Å²) in [5, 5.41) is 0. The smallest absolute Gasteiger partial charge is 0.117 e. The van der Waals surface area contributed by atoms with Gasteiger partial charge < -0.3 is 10.1 Å². The van der Waals surface area contributed by atoms with E-state index >= 15 is 0 Å². The SMILES string of the molecule is NCc1ccc2cnc(Cc3ccc(Br)cc3)n2c1. The summed E-state index contributed by atoms with van der Waals surface area (Å²) in [6.45, 7) is 0.547. The Morgan fingerprint density at radius 1 is 1.05 bits per heavy atom. The van der Waals surface area contributed by atoms with Crippen molar-refractivity contribution in [1.29, 1.82) is 0 Å². The maximum absolute atomic E-state index is 5.69. The molecule has 0 aliphatic rings. The van der Waals surface area contributed by atoms with Crippen molar-refractivity contribution in [3.8, 4) is 0 Å². The van der Waals surface area contributed by atoms with Crippen LogP contribution in [-0.2, 0) is 13.0 Å². The van der Waals surface area contributed by atoms with E-state index in [0.717, 1.165) is 27.8 Å². The van der Waals surface area contributed by atoms with Crippen LogP contribution in [0.1, 0.15) is 17.0 Å². The van der Waals surface area contributed by atoms with Gasteiger partial charge in [-0.05, 0) is 29.3 Å². The zero-order valence-electron chi connectivity index (χ0n) is 10.4. The topological polar surface area (TPSA) is 43.3 Å². The van der Waals surface area contributed by atoms with Gasteiger partial charge in [-0.2, -0.15) is 0 Å². The third-order valence-electron chi connectivity index (χ3n) is 3.18. The minimum Gasteiger partial charge on any atom is -0.326 e. The molecule has 0 fully saturated rings. The molecule has 1 aromatic carbocycles. The highest BCUT2D eigenvalue weighted by molar-refractivity contribution is 9.10. The summed E-state index contributed by atoms with van der Waals surface area (Å²) in [7, 11) is 0. The Kier molecular flexibility index (Phi) is 3.36. The molecule has 96 valence electrons. The molecule has 3 rings (SSSR count). The second-order valence-electron chi connectivity index (χ2n) is 4.51. The minimum absolute atomic E-state index is 0.547. The van der Waals surface area contributed by atoms with Crippen molar-refractivity contribution in [3.05, 3.63) is 70.2 Å². The largest absolute Gasteiger partial charge is 0.326 e. The number of pyridine rings is 1. The van der Waals surface area contributed by atoms with E-state index in [0.29, 0.717) is 6.54 Å². The number of hydrogen-bond donors (Lipinski definition) is 1. The molecular weight excluding hydrogens is 302 g/mol. The second kappa shape index (κ2) is 5.15. The first kappa shape index (κ1) is 12.4. The van der Waals surface area contributed by atoms with E-state index in [9.17, 15) is 0 Å². The Morgan fingerprint density at radius 3 is 2.53 bits per heavy atom. The standard InChI is InChI=1S/C15H14BrN3/c16-13-4-1-11(2-5-13)7-15-18-9-14-6-3-12(8-17)10-19(14)15/h1-6,9-10H,7-8,17H2. The first-order valence-electron chi connectivity index (χ1n) is 6.15. The van der Waals surface area contributed by atoms with Crippen LogP contribution >= 0.6 is 15.9 Å². The molecule has 0 aliphatic heterocycles. The predicted molar refractivity (Wildman–Crippen MR) is 80.0 cm³/mol. The molecule has 0 spiro atoms. The lowest BCUT2D eigenvalue weighted by Crippen LogP contribution is -2.01. The average Bonchev–Trinajstić information content (AvgIpc) is 2.84. The Balaban J connectivity index is 1.98. The quantitative estimate of drug-likeness (QED) is 0.807. The molecule has 3 nitrogen and oxygen atoms in total. The fourth-order valence-electron chi connectivity index (χ4n) is 2.12. The van der Waals surface area contributed by atoms with Crippen LogP contribution in [0, 0.1) is 0 Å². The van der Waals surface area contributed by atoms with Gasteiger partial charge in [-0.15, -0.1) is 0 Å². The lowest BCUT2D eigenvalue weighted by atomic mass is 10.1. The van der Waals surface area contributed by atoms with E-state index in [1.54, 1.807) is 0 Å². The van der Waals surface area contributed by atoms with Crippen LogP contribution in [0.15, 0.2) is 53.3 Å². The maximum atomic E-state index is 5.69. The third-order valence-corrected chi connectivity index (χ3v) is 3.71. The molecule has 4 heteroatoms. The summed E-state index contributed by atoms with van der Waals surface area (Å²) in [5.74, 6) is 1.03. The van der Waals surface area contributed by atoms with Crippen molar-refractivity contribution in [2.75, 3.05) is 0 Å². The van der Waals surface area contributed by atoms with E-state index in [-0.39, 0.29) is 0 Å². The van der Waals surface area contributed by atoms with Crippen molar-refractivity contribution < 1.29 is 0 Å². The van der Waals surface area contributed by atoms with Crippen LogP contribution in [0.25, 0.3) is 5.52 Å². The molecule has 0 radical (unpaired) electrons. The van der Waals surface area contributed by atoms with Crippen LogP contribution in [0.3, 0.4) is 0 Å². The molecule has 0 bridgehead atoms. The second-order valence-corrected chi connectivity index (χ2v) is 5.43. The molecular formula is C15H14BrN3. The van der Waals surface area contributed by atoms with E-state index in [1.807, 2.05) is 12.3 Å². The number of benzene rings is 1. The Labute approximate surface area is 120 Å². The van der Waals surface area contributed by atoms with E-state index in [1.165, 1.54) is 5.56 Å². The molecule has 0 aliphatic carbocycles. The average molecular weight is 316 g/mol. The van der Waals surface area contributed by atoms with Gasteiger partial charge in [0.05, 0.1) is 11.7 Å². The molecule has 0 unspecified atom stereocenters. The number of aromatic nitrogens is 2. The monoisotopic (exact) mass is 315 g/mol. The molecule has 2 N–H and O–H groups in total. The predicted octanol–water partition coefficient (Wildman–Crippen LogP) is 3.15. The summed E-state index contributed by atoms with van der Waals surface area (Å²) >= 11 is 3.45. The minimum atomic E-state index is 0.547. The van der Waals surface area contributed by atoms with Gasteiger partial charge in [-0.3, -0.25) is 0 Å². The lowest BCUT2D eigenvalue weighted by molar-refractivity contribution is 0.939. The normalized spacial score (nSPS) is 11.1. The summed E-state index contributed by atoms with van der Waals surface area (Å²) in [4.78, 5) is 4.50. The Hall–Kier alpha value is -1.65. The van der Waals surface area contributed by atoms with Crippen LogP contribution in [-0.4, -0.2) is 9.38 Å². The fraction of sp³-hybridized carbons (Fsp3) is 0.133. The van der Waals surface area contributed by atoms with E-state index < -0.39 is 0 Å². The Bertz CT molecular complexity index is 701. The molecule has 0 atom stereocenters. The lowest BCUT2D eigenvalue weighted by Gasteiger charge is -2.04. The summed E-state index contributed by atoms with van der Waals surface area (Å²) in [6, 6.07) is 12.4. The van der Waals surface area contributed by atoms with Crippen LogP contribution in [0.5, 0.6) is 0 Å². The molecule has 2 heterocycles. The van der Waals surface area contributed by atoms with Gasteiger partial charge in [-0.25, -0.2) is 4.98 Å². The molecule has 2 aromatic heterocycles. The first-order valence-corrected chi connectivity index (χ1v) is 6.95. The summed E-state index contributed by atoms with van der Waals surface area (Å²) < 4.78 is 3.21. The number of nitrogens with zero attached hydrogens (tertiary/aromatic N) is 2. The number of halogens is 1. The van der Waals surface area contributed by atoms with Crippen molar-refractivity contribution in [3.63, 3.8) is 0 Å². The van der Waals surface area contributed by atoms with Crippen LogP contribution in [0.4, 0.5) is 0 Å². The molecule has 3 aromatic rings. The van der Waals surface area contributed by atoms with Gasteiger partial charge in [0.1, 0.15) is 5.82 Å². The number of rotatable bonds is 3. The van der Waals surface area contributed by atoms with Crippen molar-refractivity contribution in [1.82, 2.24) is 9.38 Å². The van der Waals surface area contributed by atoms with Crippen molar-refractivity contribution in [2.24, 2.45) is 5.73 Å². The maximum Gasteiger partial charge on any atom is 0.117 e. The van der Waals surface area contributed by atoms with Crippen molar-refractivity contribution >= 4 is 21.4 Å². The number of fused-ring (bicyclic) bond motifs is 1. The fourth-order valence-corrected chi connectivity index (χ4v) is 2.39. The summed E-state index contributed by atoms with van der Waals surface area (Å²) in [5.41, 5.74) is 9.15. The number of imidazole rings is 1. The Morgan fingerprint density at radius 2 is 1.79 bits per heavy atom. The van der Waals surface area contributed by atoms with E-state index in [4.69, 9.17) is 5.73 Å². The van der Waals surface area contributed by atoms with E-state index in [2.05, 4.69) is 61.8 Å². The van der Waals surface area contributed by atoms with Crippen LogP contribution in [0.2, 0.25) is 0 Å². The molecule has 0 saturated carbocycles. The molecule has 0 amide bonds. The first-order chi connectivity index (χ1) is 9.26. The summed E-state index contributed by atoms with van der Waals surface area (Å²) in [6.07, 6.45) is 4.78. The molecule has 0 saturated heterocycles. The third kappa shape index (κ3) is 2.55. The van der Waals surface area contributed by atoms with Gasteiger partial charge in [0.25, 0.3) is 0 Å².